The van der Waals surface area contributed by atoms with Gasteiger partial charge >= 0.3 is 6.03 Å². The van der Waals surface area contributed by atoms with Gasteiger partial charge in [0.15, 0.2) is 5.96 Å². The number of aliphatic imine (C=N–C) groups is 1. The Hall–Kier alpha value is -1.83. The fraction of sp³-hybridized carbons (Fsp3) is 0.750. The predicted octanol–water partition coefficient (Wildman–Crippen LogP) is -1.43. The molecule has 8 nitrogen and oxygen atoms in total. The van der Waals surface area contributed by atoms with E-state index in [9.17, 15) is 14.7 Å². The summed E-state index contributed by atoms with van der Waals surface area (Å²) < 4.78 is 0. The molecule has 8 heteroatoms. The largest absolute Gasteiger partial charge is 0.391 e. The van der Waals surface area contributed by atoms with Gasteiger partial charge in [-0.1, -0.05) is 0 Å². The first-order valence-corrected chi connectivity index (χ1v) is 6.91. The number of carbonyl (C=O) groups excluding carboxylic acids is 2. The Morgan fingerprint density at radius 1 is 1.55 bits per heavy atom. The molecule has 1 atom stereocenters. The highest BCUT2D eigenvalue weighted by molar-refractivity contribution is 6.01. The van der Waals surface area contributed by atoms with Crippen molar-refractivity contribution >= 4 is 17.9 Å². The van der Waals surface area contributed by atoms with Gasteiger partial charge in [0.05, 0.1) is 25.7 Å². The molecule has 2 aliphatic heterocycles. The molecule has 2 fully saturated rings. The third-order valence-electron chi connectivity index (χ3n) is 3.32. The molecule has 0 spiro atoms. The molecular formula is C12H21N5O3. The summed E-state index contributed by atoms with van der Waals surface area (Å²) in [5.74, 6) is 0.503. The van der Waals surface area contributed by atoms with Crippen LogP contribution in [0.25, 0.3) is 0 Å². The number of hydrogen-bond acceptors (Lipinski definition) is 4. The van der Waals surface area contributed by atoms with E-state index in [1.807, 2.05) is 11.8 Å². The maximum Gasteiger partial charge on any atom is 0.324 e. The van der Waals surface area contributed by atoms with Crippen molar-refractivity contribution in [1.29, 1.82) is 0 Å². The van der Waals surface area contributed by atoms with Gasteiger partial charge in [-0.05, 0) is 13.3 Å². The zero-order valence-corrected chi connectivity index (χ0v) is 11.6. The SMILES string of the molecule is CCNC(=NCCN1C(=O)CNC1=O)N1CC[C@@H](O)C1. The number of guanidine groups is 1. The first kappa shape index (κ1) is 14.6. The first-order valence-electron chi connectivity index (χ1n) is 6.91. The number of urea groups is 1. The van der Waals surface area contributed by atoms with E-state index in [2.05, 4.69) is 15.6 Å². The number of carbonyl (C=O) groups is 2. The topological polar surface area (TPSA) is 97.3 Å². The molecule has 0 aromatic heterocycles. The minimum atomic E-state index is -0.355. The number of aliphatic hydroxyl groups excluding tert-OH is 1. The van der Waals surface area contributed by atoms with Crippen molar-refractivity contribution in [2.45, 2.75) is 19.4 Å². The average Bonchev–Trinajstić information content (AvgIpc) is 2.97. The molecule has 0 aliphatic carbocycles. The van der Waals surface area contributed by atoms with Gasteiger partial charge in [-0.3, -0.25) is 14.7 Å². The van der Waals surface area contributed by atoms with Gasteiger partial charge in [0.2, 0.25) is 5.91 Å². The zero-order valence-electron chi connectivity index (χ0n) is 11.6. The van der Waals surface area contributed by atoms with Crippen LogP contribution in [0.4, 0.5) is 4.79 Å². The zero-order chi connectivity index (χ0) is 14.5. The van der Waals surface area contributed by atoms with Gasteiger partial charge in [0.25, 0.3) is 0 Å². The van der Waals surface area contributed by atoms with Gasteiger partial charge < -0.3 is 20.6 Å². The second kappa shape index (κ2) is 6.56. The lowest BCUT2D eigenvalue weighted by molar-refractivity contribution is -0.124. The first-order chi connectivity index (χ1) is 9.61. The Morgan fingerprint density at radius 3 is 2.90 bits per heavy atom. The van der Waals surface area contributed by atoms with Crippen molar-refractivity contribution in [2.75, 3.05) is 39.3 Å². The quantitative estimate of drug-likeness (QED) is 0.334. The molecule has 0 saturated carbocycles. The summed E-state index contributed by atoms with van der Waals surface area (Å²) in [4.78, 5) is 30.4. The Morgan fingerprint density at radius 2 is 2.35 bits per heavy atom. The number of imide groups is 1. The Labute approximate surface area is 117 Å². The van der Waals surface area contributed by atoms with Crippen LogP contribution in [0.2, 0.25) is 0 Å². The Balaban J connectivity index is 1.89. The normalized spacial score (nSPS) is 23.5. The van der Waals surface area contributed by atoms with E-state index >= 15 is 0 Å². The standard InChI is InChI=1S/C12H21N5O3/c1-2-13-11(16-5-3-9(18)8-16)14-4-6-17-10(19)7-15-12(17)20/h9,18H,2-8H2,1H3,(H,13,14)(H,15,20)/t9-/m1/s1. The lowest BCUT2D eigenvalue weighted by Crippen LogP contribution is -2.41. The van der Waals surface area contributed by atoms with Crippen LogP contribution in [-0.2, 0) is 4.79 Å². The van der Waals surface area contributed by atoms with E-state index in [0.29, 0.717) is 13.1 Å². The van der Waals surface area contributed by atoms with Crippen LogP contribution >= 0.6 is 0 Å². The highest BCUT2D eigenvalue weighted by atomic mass is 16.3. The minimum Gasteiger partial charge on any atom is -0.391 e. The molecule has 2 rings (SSSR count). The number of aliphatic hydroxyl groups is 1. The summed E-state index contributed by atoms with van der Waals surface area (Å²) in [6.45, 7) is 4.73. The number of rotatable bonds is 4. The van der Waals surface area contributed by atoms with Crippen LogP contribution in [0.3, 0.4) is 0 Å². The summed E-state index contributed by atoms with van der Waals surface area (Å²) in [7, 11) is 0. The molecule has 2 aliphatic rings. The van der Waals surface area contributed by atoms with Gasteiger partial charge in [-0.2, -0.15) is 0 Å². The average molecular weight is 283 g/mol. The number of β-amino-alcohol motifs (C(OH)–C–C–N with tert-alkyl or cyclic N) is 1. The maximum absolute atomic E-state index is 11.4. The van der Waals surface area contributed by atoms with Gasteiger partial charge in [0.1, 0.15) is 0 Å². The van der Waals surface area contributed by atoms with E-state index in [-0.39, 0.29) is 31.1 Å². The molecule has 0 radical (unpaired) electrons. The summed E-state index contributed by atoms with van der Waals surface area (Å²) >= 11 is 0. The van der Waals surface area contributed by atoms with Gasteiger partial charge in [-0.25, -0.2) is 4.79 Å². The maximum atomic E-state index is 11.4. The molecule has 20 heavy (non-hydrogen) atoms. The molecule has 2 saturated heterocycles. The molecule has 0 unspecified atom stereocenters. The third kappa shape index (κ3) is 3.38. The fourth-order valence-corrected chi connectivity index (χ4v) is 2.30. The van der Waals surface area contributed by atoms with Crippen LogP contribution in [0.15, 0.2) is 4.99 Å². The molecule has 0 aromatic carbocycles. The van der Waals surface area contributed by atoms with E-state index in [0.717, 1.165) is 25.5 Å². The van der Waals surface area contributed by atoms with Crippen molar-refractivity contribution in [1.82, 2.24) is 20.4 Å². The monoisotopic (exact) mass is 283 g/mol. The second-order valence-corrected chi connectivity index (χ2v) is 4.83. The van der Waals surface area contributed by atoms with Crippen LogP contribution in [-0.4, -0.2) is 78.2 Å². The van der Waals surface area contributed by atoms with Crippen LogP contribution < -0.4 is 10.6 Å². The number of nitrogens with one attached hydrogen (secondary N) is 2. The highest BCUT2D eigenvalue weighted by Gasteiger charge is 2.28. The van der Waals surface area contributed by atoms with Gasteiger partial charge in [0, 0.05) is 19.6 Å². The minimum absolute atomic E-state index is 0.0704. The molecule has 0 bridgehead atoms. The van der Waals surface area contributed by atoms with Crippen molar-refractivity contribution in [3.05, 3.63) is 0 Å². The van der Waals surface area contributed by atoms with Crippen molar-refractivity contribution in [2.24, 2.45) is 4.99 Å². The molecule has 112 valence electrons. The highest BCUT2D eigenvalue weighted by Crippen LogP contribution is 2.08. The van der Waals surface area contributed by atoms with Crippen LogP contribution in [0.5, 0.6) is 0 Å². The summed E-state index contributed by atoms with van der Waals surface area (Å²) in [6.07, 6.45) is 0.419. The Kier molecular flexibility index (Phi) is 4.78. The second-order valence-electron chi connectivity index (χ2n) is 4.83. The number of likely N-dealkylation sites (tertiary alicyclic amines) is 1. The smallest absolute Gasteiger partial charge is 0.324 e. The summed E-state index contributed by atoms with van der Waals surface area (Å²) in [5.41, 5.74) is 0. The lowest BCUT2D eigenvalue weighted by atomic mass is 10.3. The molecule has 3 N–H and O–H groups in total. The molecular weight excluding hydrogens is 262 g/mol. The lowest BCUT2D eigenvalue weighted by Gasteiger charge is -2.21. The summed E-state index contributed by atoms with van der Waals surface area (Å²) in [6, 6.07) is -0.355. The van der Waals surface area contributed by atoms with Crippen LogP contribution in [0, 0.1) is 0 Å². The molecule has 3 amide bonds. The van der Waals surface area contributed by atoms with Crippen molar-refractivity contribution in [3.8, 4) is 0 Å². The van der Waals surface area contributed by atoms with Gasteiger partial charge in [-0.15, -0.1) is 0 Å². The predicted molar refractivity (Wildman–Crippen MR) is 73.3 cm³/mol. The van der Waals surface area contributed by atoms with E-state index in [4.69, 9.17) is 0 Å². The van der Waals surface area contributed by atoms with E-state index in [1.165, 1.54) is 4.90 Å². The molecule has 0 aromatic rings. The van der Waals surface area contributed by atoms with Crippen molar-refractivity contribution in [3.63, 3.8) is 0 Å². The van der Waals surface area contributed by atoms with Crippen LogP contribution in [0.1, 0.15) is 13.3 Å². The fourth-order valence-electron chi connectivity index (χ4n) is 2.30. The number of hydrogen-bond donors (Lipinski definition) is 3. The van der Waals surface area contributed by atoms with E-state index in [1.54, 1.807) is 0 Å². The number of nitrogens with zero attached hydrogens (tertiary/aromatic N) is 3. The van der Waals surface area contributed by atoms with E-state index < -0.39 is 0 Å². The molecule has 2 heterocycles. The Bertz CT molecular complexity index is 396. The van der Waals surface area contributed by atoms with Crippen molar-refractivity contribution < 1.29 is 14.7 Å². The number of amides is 3. The summed E-state index contributed by atoms with van der Waals surface area (Å²) in [5, 5.41) is 15.2. The third-order valence-corrected chi connectivity index (χ3v) is 3.32.